The third kappa shape index (κ3) is 4.93. The maximum atomic E-state index is 5.28. The number of aromatic nitrogens is 1. The summed E-state index contributed by atoms with van der Waals surface area (Å²) in [7, 11) is 0. The predicted octanol–water partition coefficient (Wildman–Crippen LogP) is 11.2. The Balaban J connectivity index is 1.05. The molecule has 0 fully saturated rings. The van der Waals surface area contributed by atoms with Gasteiger partial charge in [0.1, 0.15) is 12.0 Å². The summed E-state index contributed by atoms with van der Waals surface area (Å²) < 4.78 is 2.41. The number of amidine groups is 2. The lowest BCUT2D eigenvalue weighted by atomic mass is 9.90. The molecule has 7 aromatic carbocycles. The zero-order valence-electron chi connectivity index (χ0n) is 29.4. The summed E-state index contributed by atoms with van der Waals surface area (Å²) in [6, 6.07) is 58.7. The van der Waals surface area contributed by atoms with Gasteiger partial charge in [-0.3, -0.25) is 0 Å². The Bertz CT molecular complexity index is 2880. The summed E-state index contributed by atoms with van der Waals surface area (Å²) in [5, 5.41) is 8.61. The Morgan fingerprint density at radius 2 is 1.30 bits per heavy atom. The Kier molecular flexibility index (Phi) is 6.99. The molecule has 2 aliphatic heterocycles. The van der Waals surface area contributed by atoms with Crippen LogP contribution in [-0.4, -0.2) is 22.3 Å². The first-order chi connectivity index (χ1) is 26.8. The Hall–Kier alpha value is -6.98. The Morgan fingerprint density at radius 3 is 2.19 bits per heavy atom. The second-order valence-electron chi connectivity index (χ2n) is 14.3. The fourth-order valence-electron chi connectivity index (χ4n) is 8.62. The third-order valence-electron chi connectivity index (χ3n) is 11.1. The van der Waals surface area contributed by atoms with Gasteiger partial charge in [-0.25, -0.2) is 9.98 Å². The van der Waals surface area contributed by atoms with E-state index in [1.807, 2.05) is 6.07 Å². The van der Waals surface area contributed by atoms with Gasteiger partial charge in [0, 0.05) is 44.9 Å². The van der Waals surface area contributed by atoms with Crippen molar-refractivity contribution in [3.63, 3.8) is 0 Å². The zero-order chi connectivity index (χ0) is 35.6. The fraction of sp³-hybridized carbons (Fsp3) is 0.0612. The second-order valence-corrected chi connectivity index (χ2v) is 14.3. The van der Waals surface area contributed by atoms with Gasteiger partial charge in [0.15, 0.2) is 5.84 Å². The molecule has 3 unspecified atom stereocenters. The topological polar surface area (TPSA) is 44.9 Å². The summed E-state index contributed by atoms with van der Waals surface area (Å²) in [6.07, 6.45) is 8.76. The number of rotatable bonds is 5. The summed E-state index contributed by atoms with van der Waals surface area (Å²) in [6.45, 7) is 0. The number of nitrogens with zero attached hydrogens (tertiary/aromatic N) is 4. The minimum Gasteiger partial charge on any atom is -0.344 e. The molecule has 0 spiro atoms. The fourth-order valence-corrected chi connectivity index (χ4v) is 8.62. The number of hydrogen-bond acceptors (Lipinski definition) is 4. The number of para-hydroxylation sites is 2. The van der Waals surface area contributed by atoms with Crippen molar-refractivity contribution in [2.45, 2.75) is 18.1 Å². The number of allylic oxidation sites excluding steroid dienone is 2. The molecule has 0 saturated carbocycles. The van der Waals surface area contributed by atoms with E-state index in [0.29, 0.717) is 0 Å². The van der Waals surface area contributed by atoms with Crippen molar-refractivity contribution in [2.24, 2.45) is 9.98 Å². The van der Waals surface area contributed by atoms with Crippen molar-refractivity contribution in [2.75, 3.05) is 4.90 Å². The van der Waals surface area contributed by atoms with Crippen LogP contribution in [0.3, 0.4) is 0 Å². The maximum Gasteiger partial charge on any atom is 0.159 e. The number of aliphatic imine (C=N–C) groups is 2. The second kappa shape index (κ2) is 12.3. The van der Waals surface area contributed by atoms with E-state index in [0.717, 1.165) is 39.7 Å². The number of fused-ring (bicyclic) bond motifs is 7. The Labute approximate surface area is 313 Å². The van der Waals surface area contributed by atoms with E-state index in [-0.39, 0.29) is 18.1 Å². The van der Waals surface area contributed by atoms with Crippen molar-refractivity contribution in [3.8, 4) is 5.69 Å². The highest BCUT2D eigenvalue weighted by Gasteiger charge is 2.38. The van der Waals surface area contributed by atoms with Crippen molar-refractivity contribution < 1.29 is 0 Å². The summed E-state index contributed by atoms with van der Waals surface area (Å²) >= 11 is 0. The molecule has 3 heterocycles. The van der Waals surface area contributed by atoms with Crippen LogP contribution in [0.2, 0.25) is 0 Å². The van der Waals surface area contributed by atoms with Crippen LogP contribution in [-0.2, 0) is 0 Å². The van der Waals surface area contributed by atoms with Crippen molar-refractivity contribution in [1.82, 2.24) is 9.88 Å². The summed E-state index contributed by atoms with van der Waals surface area (Å²) in [5.41, 5.74) is 10.4. The van der Waals surface area contributed by atoms with Gasteiger partial charge < -0.3 is 14.8 Å². The van der Waals surface area contributed by atoms with Crippen LogP contribution < -0.4 is 10.2 Å². The highest BCUT2D eigenvalue weighted by molar-refractivity contribution is 6.14. The molecular formula is C49H35N5. The normalized spacial score (nSPS) is 18.7. The zero-order valence-corrected chi connectivity index (χ0v) is 29.4. The molecule has 0 radical (unpaired) electrons. The predicted molar refractivity (Wildman–Crippen MR) is 224 cm³/mol. The minimum absolute atomic E-state index is 0.153. The third-order valence-corrected chi connectivity index (χ3v) is 11.1. The molecule has 5 nitrogen and oxygen atoms in total. The van der Waals surface area contributed by atoms with Crippen LogP contribution in [0.4, 0.5) is 11.4 Å². The van der Waals surface area contributed by atoms with Crippen LogP contribution in [0.5, 0.6) is 0 Å². The molecule has 3 aliphatic rings. The molecular weight excluding hydrogens is 659 g/mol. The van der Waals surface area contributed by atoms with E-state index in [2.05, 4.69) is 197 Å². The first-order valence-corrected chi connectivity index (χ1v) is 18.6. The van der Waals surface area contributed by atoms with Gasteiger partial charge in [-0.2, -0.15) is 0 Å². The highest BCUT2D eigenvalue weighted by Crippen LogP contribution is 2.50. The van der Waals surface area contributed by atoms with Crippen molar-refractivity contribution >= 4 is 55.6 Å². The van der Waals surface area contributed by atoms with Gasteiger partial charge >= 0.3 is 0 Å². The molecule has 0 bridgehead atoms. The van der Waals surface area contributed by atoms with E-state index in [1.54, 1.807) is 0 Å². The number of nitrogens with one attached hydrogen (secondary N) is 1. The van der Waals surface area contributed by atoms with Gasteiger partial charge in [-0.15, -0.1) is 0 Å². The van der Waals surface area contributed by atoms with Crippen molar-refractivity contribution in [3.05, 3.63) is 210 Å². The van der Waals surface area contributed by atoms with E-state index in [9.17, 15) is 0 Å². The smallest absolute Gasteiger partial charge is 0.159 e. The highest BCUT2D eigenvalue weighted by atomic mass is 15.2. The molecule has 1 aliphatic carbocycles. The molecule has 11 rings (SSSR count). The molecule has 3 atom stereocenters. The van der Waals surface area contributed by atoms with Gasteiger partial charge in [0.25, 0.3) is 0 Å². The average Bonchev–Trinajstić information content (AvgIpc) is 3.75. The molecule has 54 heavy (non-hydrogen) atoms. The first kappa shape index (κ1) is 30.6. The summed E-state index contributed by atoms with van der Waals surface area (Å²) in [4.78, 5) is 12.9. The van der Waals surface area contributed by atoms with Crippen LogP contribution >= 0.6 is 0 Å². The number of hydrogen-bond donors (Lipinski definition) is 1. The van der Waals surface area contributed by atoms with Crippen LogP contribution in [0.25, 0.3) is 38.3 Å². The standard InChI is InChI=1S/C49H35N5/c1-3-15-33(16-4-1)47-50-48(52-49(51-47)36-27-26-32-14-7-8-17-34(32)28-36)35-18-13-21-38(29-35)54-44-25-12-10-23-40(44)42-30-41-39-22-9-11-24-43(39)53(45(41)31-46(42)54)37-19-5-2-6-20-37/h1-31,40,44,48H,(H,50,51,52). The lowest BCUT2D eigenvalue weighted by Gasteiger charge is -2.30. The molecule has 0 saturated heterocycles. The summed E-state index contributed by atoms with van der Waals surface area (Å²) in [5.74, 6) is 1.77. The molecule has 0 amide bonds. The van der Waals surface area contributed by atoms with E-state index >= 15 is 0 Å². The average molecular weight is 694 g/mol. The molecule has 1 N–H and O–H groups in total. The monoisotopic (exact) mass is 693 g/mol. The Morgan fingerprint density at radius 1 is 0.537 bits per heavy atom. The van der Waals surface area contributed by atoms with Crippen LogP contribution in [0.15, 0.2) is 198 Å². The first-order valence-electron chi connectivity index (χ1n) is 18.6. The maximum absolute atomic E-state index is 5.28. The minimum atomic E-state index is -0.332. The van der Waals surface area contributed by atoms with E-state index in [4.69, 9.17) is 9.98 Å². The molecule has 8 aromatic rings. The quantitative estimate of drug-likeness (QED) is 0.195. The van der Waals surface area contributed by atoms with Gasteiger partial charge in [0.05, 0.1) is 17.1 Å². The van der Waals surface area contributed by atoms with Gasteiger partial charge in [-0.1, -0.05) is 140 Å². The van der Waals surface area contributed by atoms with Crippen molar-refractivity contribution in [1.29, 1.82) is 0 Å². The van der Waals surface area contributed by atoms with E-state index < -0.39 is 0 Å². The molecule has 1 aromatic heterocycles. The molecule has 256 valence electrons. The van der Waals surface area contributed by atoms with Gasteiger partial charge in [0.2, 0.25) is 0 Å². The SMILES string of the molecule is C1=CC2c3cc4c5ccccc5n(-c5ccccc5)c4cc3N(c3cccc(C4N=C(c5ccc6ccccc6c5)N=C(c5ccccc5)N4)c3)C2C=C1. The largest absolute Gasteiger partial charge is 0.344 e. The lowest BCUT2D eigenvalue weighted by molar-refractivity contribution is 0.673. The van der Waals surface area contributed by atoms with E-state index in [1.165, 1.54) is 43.8 Å². The van der Waals surface area contributed by atoms with Gasteiger partial charge in [-0.05, 0) is 70.4 Å². The number of benzene rings is 7. The van der Waals surface area contributed by atoms with Crippen LogP contribution in [0.1, 0.15) is 34.3 Å². The number of anilines is 2. The van der Waals surface area contributed by atoms with Crippen LogP contribution in [0, 0.1) is 0 Å². The lowest BCUT2D eigenvalue weighted by Crippen LogP contribution is -2.34. The molecule has 5 heteroatoms.